The summed E-state index contributed by atoms with van der Waals surface area (Å²) in [4.78, 5) is 11.3. The minimum atomic E-state index is 0.0181. The summed E-state index contributed by atoms with van der Waals surface area (Å²) in [6.07, 6.45) is 0. The van der Waals surface area contributed by atoms with Gasteiger partial charge in [-0.2, -0.15) is 15.0 Å². The molecule has 1 heterocycles. The highest BCUT2D eigenvalue weighted by molar-refractivity contribution is 6.31. The fraction of sp³-hybridized carbons (Fsp3) is 0.625. The number of hydrogen-bond acceptors (Lipinski definition) is 5. The molecule has 15 heavy (non-hydrogen) atoms. The molecule has 1 aromatic heterocycles. The Labute approximate surface area is 97.9 Å². The van der Waals surface area contributed by atoms with Crippen molar-refractivity contribution >= 4 is 29.2 Å². The molecule has 7 heteroatoms. The molecule has 0 fully saturated rings. The third kappa shape index (κ3) is 3.77. The second-order valence-corrected chi connectivity index (χ2v) is 3.97. The van der Waals surface area contributed by atoms with Crippen molar-refractivity contribution in [2.45, 2.75) is 19.9 Å². The molecule has 0 amide bonds. The summed E-state index contributed by atoms with van der Waals surface area (Å²) < 4.78 is 0. The van der Waals surface area contributed by atoms with Crippen LogP contribution in [0.2, 0.25) is 10.6 Å². The van der Waals surface area contributed by atoms with E-state index in [0.717, 1.165) is 0 Å². The van der Waals surface area contributed by atoms with Gasteiger partial charge in [0.1, 0.15) is 0 Å². The van der Waals surface area contributed by atoms with Crippen LogP contribution in [-0.4, -0.2) is 32.7 Å². The standard InChI is InChI=1S/C8H12Cl2N4O/c1-4(3-15)5(2)11-8-13-6(9)12-7(10)14-8/h4-5,15H,3H2,1-2H3,(H,11,12,13,14). The van der Waals surface area contributed by atoms with Gasteiger partial charge in [0.05, 0.1) is 0 Å². The molecule has 0 aliphatic carbocycles. The lowest BCUT2D eigenvalue weighted by Gasteiger charge is -2.18. The van der Waals surface area contributed by atoms with E-state index in [4.69, 9.17) is 28.3 Å². The zero-order valence-corrected chi connectivity index (χ0v) is 9.92. The van der Waals surface area contributed by atoms with E-state index >= 15 is 0 Å². The molecule has 2 atom stereocenters. The molecule has 84 valence electrons. The lowest BCUT2D eigenvalue weighted by molar-refractivity contribution is 0.226. The van der Waals surface area contributed by atoms with Gasteiger partial charge < -0.3 is 10.4 Å². The Balaban J connectivity index is 2.72. The van der Waals surface area contributed by atoms with Gasteiger partial charge in [-0.3, -0.25) is 0 Å². The van der Waals surface area contributed by atoms with Crippen LogP contribution in [-0.2, 0) is 0 Å². The molecular formula is C8H12Cl2N4O. The van der Waals surface area contributed by atoms with E-state index in [9.17, 15) is 0 Å². The second kappa shape index (κ2) is 5.44. The van der Waals surface area contributed by atoms with Crippen LogP contribution in [0.1, 0.15) is 13.8 Å². The molecule has 1 rings (SSSR count). The van der Waals surface area contributed by atoms with Crippen LogP contribution in [0.5, 0.6) is 0 Å². The van der Waals surface area contributed by atoms with E-state index in [1.54, 1.807) is 0 Å². The Hall–Kier alpha value is -0.650. The first-order valence-corrected chi connectivity index (χ1v) is 5.23. The average Bonchev–Trinajstić information content (AvgIpc) is 2.14. The van der Waals surface area contributed by atoms with Crippen LogP contribution < -0.4 is 5.32 Å². The van der Waals surface area contributed by atoms with Crippen LogP contribution in [0.4, 0.5) is 5.95 Å². The van der Waals surface area contributed by atoms with Crippen molar-refractivity contribution < 1.29 is 5.11 Å². The van der Waals surface area contributed by atoms with Gasteiger partial charge in [0.15, 0.2) is 0 Å². The molecule has 2 N–H and O–H groups in total. The fourth-order valence-corrected chi connectivity index (χ4v) is 1.26. The summed E-state index contributed by atoms with van der Waals surface area (Å²) in [5, 5.41) is 12.0. The summed E-state index contributed by atoms with van der Waals surface area (Å²) in [5.74, 6) is 0.395. The van der Waals surface area contributed by atoms with Crippen LogP contribution in [0.3, 0.4) is 0 Å². The molecule has 0 aliphatic rings. The van der Waals surface area contributed by atoms with Gasteiger partial charge in [-0.05, 0) is 36.0 Å². The Morgan fingerprint density at radius 2 is 1.73 bits per heavy atom. The largest absolute Gasteiger partial charge is 0.396 e. The van der Waals surface area contributed by atoms with E-state index in [0.29, 0.717) is 5.95 Å². The number of nitrogens with one attached hydrogen (secondary N) is 1. The Morgan fingerprint density at radius 3 is 2.20 bits per heavy atom. The number of aliphatic hydroxyl groups excluding tert-OH is 1. The molecule has 1 aromatic rings. The lowest BCUT2D eigenvalue weighted by Crippen LogP contribution is -2.27. The smallest absolute Gasteiger partial charge is 0.228 e. The monoisotopic (exact) mass is 250 g/mol. The molecule has 0 aromatic carbocycles. The highest BCUT2D eigenvalue weighted by atomic mass is 35.5. The first-order chi connectivity index (χ1) is 7.02. The fourth-order valence-electron chi connectivity index (χ4n) is 0.894. The van der Waals surface area contributed by atoms with E-state index < -0.39 is 0 Å². The Kier molecular flexibility index (Phi) is 4.50. The molecule has 0 spiro atoms. The van der Waals surface area contributed by atoms with Crippen molar-refractivity contribution in [3.8, 4) is 0 Å². The molecular weight excluding hydrogens is 239 g/mol. The number of hydrogen-bond donors (Lipinski definition) is 2. The SMILES string of the molecule is CC(CO)C(C)Nc1nc(Cl)nc(Cl)n1. The van der Waals surface area contributed by atoms with Gasteiger partial charge in [0.2, 0.25) is 16.5 Å². The quantitative estimate of drug-likeness (QED) is 0.850. The van der Waals surface area contributed by atoms with Crippen molar-refractivity contribution in [1.29, 1.82) is 0 Å². The van der Waals surface area contributed by atoms with Crippen LogP contribution >= 0.6 is 23.2 Å². The highest BCUT2D eigenvalue weighted by Gasteiger charge is 2.13. The van der Waals surface area contributed by atoms with Gasteiger partial charge in [-0.1, -0.05) is 6.92 Å². The van der Waals surface area contributed by atoms with E-state index in [1.165, 1.54) is 0 Å². The van der Waals surface area contributed by atoms with E-state index in [1.807, 2.05) is 13.8 Å². The summed E-state index contributed by atoms with van der Waals surface area (Å²) in [5.41, 5.74) is 0. The maximum absolute atomic E-state index is 8.95. The summed E-state index contributed by atoms with van der Waals surface area (Å²) in [6.45, 7) is 3.90. The number of nitrogens with zero attached hydrogens (tertiary/aromatic N) is 3. The third-order valence-electron chi connectivity index (χ3n) is 2.08. The van der Waals surface area contributed by atoms with Gasteiger partial charge in [0, 0.05) is 12.6 Å². The number of halogens is 2. The third-order valence-corrected chi connectivity index (χ3v) is 2.42. The summed E-state index contributed by atoms with van der Waals surface area (Å²) in [7, 11) is 0. The van der Waals surface area contributed by atoms with Gasteiger partial charge in [-0.25, -0.2) is 0 Å². The summed E-state index contributed by atoms with van der Waals surface area (Å²) >= 11 is 11.2. The van der Waals surface area contributed by atoms with Gasteiger partial charge >= 0.3 is 0 Å². The maximum atomic E-state index is 8.95. The Morgan fingerprint density at radius 1 is 1.20 bits per heavy atom. The average molecular weight is 251 g/mol. The highest BCUT2D eigenvalue weighted by Crippen LogP contribution is 2.12. The van der Waals surface area contributed by atoms with Gasteiger partial charge in [-0.15, -0.1) is 0 Å². The second-order valence-electron chi connectivity index (χ2n) is 3.29. The summed E-state index contributed by atoms with van der Waals surface area (Å²) in [6, 6.07) is 0.0181. The maximum Gasteiger partial charge on any atom is 0.228 e. The van der Waals surface area contributed by atoms with E-state index in [2.05, 4.69) is 20.3 Å². The predicted octanol–water partition coefficient (Wildman–Crippen LogP) is 1.61. The molecule has 2 unspecified atom stereocenters. The molecule has 5 nitrogen and oxygen atoms in total. The normalized spacial score (nSPS) is 14.7. The first-order valence-electron chi connectivity index (χ1n) is 4.47. The van der Waals surface area contributed by atoms with Crippen molar-refractivity contribution in [2.75, 3.05) is 11.9 Å². The number of aliphatic hydroxyl groups is 1. The molecule has 0 aliphatic heterocycles. The van der Waals surface area contributed by atoms with Crippen molar-refractivity contribution in [3.63, 3.8) is 0 Å². The van der Waals surface area contributed by atoms with Crippen LogP contribution in [0.25, 0.3) is 0 Å². The molecule has 0 saturated heterocycles. The molecule has 0 bridgehead atoms. The number of aromatic nitrogens is 3. The number of rotatable bonds is 4. The minimum absolute atomic E-state index is 0.0181. The topological polar surface area (TPSA) is 70.9 Å². The van der Waals surface area contributed by atoms with Crippen molar-refractivity contribution in [1.82, 2.24) is 15.0 Å². The lowest BCUT2D eigenvalue weighted by atomic mass is 10.1. The zero-order valence-electron chi connectivity index (χ0n) is 8.41. The molecule has 0 saturated carbocycles. The number of anilines is 1. The van der Waals surface area contributed by atoms with Gasteiger partial charge in [0.25, 0.3) is 0 Å². The first kappa shape index (κ1) is 12.4. The van der Waals surface area contributed by atoms with Crippen LogP contribution in [0, 0.1) is 5.92 Å². The molecule has 0 radical (unpaired) electrons. The predicted molar refractivity (Wildman–Crippen MR) is 59.2 cm³/mol. The van der Waals surface area contributed by atoms with Crippen LogP contribution in [0.15, 0.2) is 0 Å². The van der Waals surface area contributed by atoms with Crippen molar-refractivity contribution in [3.05, 3.63) is 10.6 Å². The zero-order chi connectivity index (χ0) is 11.4. The Bertz CT molecular complexity index is 316. The van der Waals surface area contributed by atoms with Crippen molar-refractivity contribution in [2.24, 2.45) is 5.92 Å². The minimum Gasteiger partial charge on any atom is -0.396 e. The van der Waals surface area contributed by atoms with E-state index in [-0.39, 0.29) is 29.1 Å².